The van der Waals surface area contributed by atoms with Crippen LogP contribution < -0.4 is 5.32 Å². The third-order valence-electron chi connectivity index (χ3n) is 3.92. The maximum absolute atomic E-state index is 3.42. The predicted octanol–water partition coefficient (Wildman–Crippen LogP) is 4.47. The lowest BCUT2D eigenvalue weighted by atomic mass is 9.96. The van der Waals surface area contributed by atoms with Crippen LogP contribution >= 0.6 is 0 Å². The number of nitrogens with one attached hydrogen (secondary N) is 1. The molecule has 4 rings (SSSR count). The van der Waals surface area contributed by atoms with E-state index in [1.807, 2.05) is 0 Å². The van der Waals surface area contributed by atoms with E-state index in [2.05, 4.69) is 66.0 Å². The van der Waals surface area contributed by atoms with Gasteiger partial charge in [0.25, 0.3) is 0 Å². The predicted molar refractivity (Wildman–Crippen MR) is 81.6 cm³/mol. The van der Waals surface area contributed by atoms with E-state index in [-0.39, 0.29) is 0 Å². The molecule has 1 nitrogen and oxygen atoms in total. The van der Waals surface area contributed by atoms with Gasteiger partial charge in [-0.25, -0.2) is 0 Å². The SMILES string of the molecule is c1ccc2c(-c3ccc4c(c3)CCN4)cccc2c1. The molecule has 0 bridgehead atoms. The standard InChI is InChI=1S/C18H15N/c1-2-6-16-13(4-1)5-3-7-17(16)14-8-9-18-15(12-14)10-11-19-18/h1-9,12,19H,10-11H2. The van der Waals surface area contributed by atoms with Crippen molar-refractivity contribution in [2.45, 2.75) is 6.42 Å². The summed E-state index contributed by atoms with van der Waals surface area (Å²) in [4.78, 5) is 0. The van der Waals surface area contributed by atoms with Gasteiger partial charge in [-0.15, -0.1) is 0 Å². The van der Waals surface area contributed by atoms with Crippen molar-refractivity contribution in [3.05, 3.63) is 66.2 Å². The number of fused-ring (bicyclic) bond motifs is 2. The number of hydrogen-bond donors (Lipinski definition) is 1. The first-order valence-corrected chi connectivity index (χ1v) is 6.77. The molecular formula is C18H15N. The van der Waals surface area contributed by atoms with E-state index in [0.29, 0.717) is 0 Å². The Morgan fingerprint density at radius 2 is 1.74 bits per heavy atom. The van der Waals surface area contributed by atoms with E-state index in [4.69, 9.17) is 0 Å². The number of hydrogen-bond acceptors (Lipinski definition) is 1. The summed E-state index contributed by atoms with van der Waals surface area (Å²) in [5.41, 5.74) is 5.38. The molecule has 1 aliphatic heterocycles. The number of rotatable bonds is 1. The molecule has 0 spiro atoms. The van der Waals surface area contributed by atoms with Crippen molar-refractivity contribution in [3.8, 4) is 11.1 Å². The molecule has 1 heteroatoms. The normalized spacial score (nSPS) is 13.3. The zero-order valence-electron chi connectivity index (χ0n) is 10.7. The van der Waals surface area contributed by atoms with Crippen LogP contribution in [0, 0.1) is 0 Å². The second kappa shape index (κ2) is 4.13. The van der Waals surface area contributed by atoms with Crippen molar-refractivity contribution in [2.75, 3.05) is 11.9 Å². The third-order valence-corrected chi connectivity index (χ3v) is 3.92. The van der Waals surface area contributed by atoms with Crippen LogP contribution in [0.25, 0.3) is 21.9 Å². The summed E-state index contributed by atoms with van der Waals surface area (Å²) in [5.74, 6) is 0. The molecule has 0 aromatic heterocycles. The molecule has 0 aliphatic carbocycles. The van der Waals surface area contributed by atoms with Crippen LogP contribution in [0.4, 0.5) is 5.69 Å². The van der Waals surface area contributed by atoms with Gasteiger partial charge in [0.2, 0.25) is 0 Å². The van der Waals surface area contributed by atoms with Gasteiger partial charge in [-0.05, 0) is 46.0 Å². The molecule has 19 heavy (non-hydrogen) atoms. The van der Waals surface area contributed by atoms with E-state index < -0.39 is 0 Å². The van der Waals surface area contributed by atoms with E-state index in [9.17, 15) is 0 Å². The summed E-state index contributed by atoms with van der Waals surface area (Å²) < 4.78 is 0. The van der Waals surface area contributed by atoms with E-state index in [1.54, 1.807) is 0 Å². The number of benzene rings is 3. The first kappa shape index (κ1) is 10.6. The van der Waals surface area contributed by atoms with Gasteiger partial charge < -0.3 is 5.32 Å². The van der Waals surface area contributed by atoms with Gasteiger partial charge in [-0.2, -0.15) is 0 Å². The second-order valence-corrected chi connectivity index (χ2v) is 5.08. The molecule has 3 aromatic rings. The van der Waals surface area contributed by atoms with Gasteiger partial charge in [0.15, 0.2) is 0 Å². The Kier molecular flexibility index (Phi) is 2.31. The van der Waals surface area contributed by atoms with Crippen LogP contribution in [-0.2, 0) is 6.42 Å². The highest BCUT2D eigenvalue weighted by atomic mass is 14.9. The lowest BCUT2D eigenvalue weighted by Crippen LogP contribution is -1.90. The smallest absolute Gasteiger partial charge is 0.0373 e. The van der Waals surface area contributed by atoms with Crippen molar-refractivity contribution in [3.63, 3.8) is 0 Å². The molecule has 0 atom stereocenters. The van der Waals surface area contributed by atoms with Crippen LogP contribution in [0.1, 0.15) is 5.56 Å². The van der Waals surface area contributed by atoms with Crippen molar-refractivity contribution in [1.29, 1.82) is 0 Å². The van der Waals surface area contributed by atoms with Crippen molar-refractivity contribution in [1.82, 2.24) is 0 Å². The molecule has 0 fully saturated rings. The highest BCUT2D eigenvalue weighted by molar-refractivity contribution is 5.97. The second-order valence-electron chi connectivity index (χ2n) is 5.08. The Hall–Kier alpha value is -2.28. The topological polar surface area (TPSA) is 12.0 Å². The summed E-state index contributed by atoms with van der Waals surface area (Å²) in [5, 5.41) is 6.05. The molecule has 1 N–H and O–H groups in total. The first-order chi connectivity index (χ1) is 9.42. The van der Waals surface area contributed by atoms with Crippen LogP contribution in [0.15, 0.2) is 60.7 Å². The fourth-order valence-corrected chi connectivity index (χ4v) is 2.95. The molecule has 0 saturated heterocycles. The fourth-order valence-electron chi connectivity index (χ4n) is 2.95. The van der Waals surface area contributed by atoms with Gasteiger partial charge in [0.05, 0.1) is 0 Å². The summed E-state index contributed by atoms with van der Waals surface area (Å²) in [6, 6.07) is 21.9. The lowest BCUT2D eigenvalue weighted by molar-refractivity contribution is 1.11. The van der Waals surface area contributed by atoms with Gasteiger partial charge in [0.1, 0.15) is 0 Å². The van der Waals surface area contributed by atoms with Crippen LogP contribution in [0.5, 0.6) is 0 Å². The van der Waals surface area contributed by atoms with Crippen molar-refractivity contribution >= 4 is 16.5 Å². The van der Waals surface area contributed by atoms with Gasteiger partial charge >= 0.3 is 0 Å². The Bertz CT molecular complexity index is 753. The molecule has 0 saturated carbocycles. The fraction of sp³-hybridized carbons (Fsp3) is 0.111. The highest BCUT2D eigenvalue weighted by Crippen LogP contribution is 2.32. The Morgan fingerprint density at radius 1 is 0.842 bits per heavy atom. The third kappa shape index (κ3) is 1.70. The maximum atomic E-state index is 3.42. The Morgan fingerprint density at radius 3 is 2.74 bits per heavy atom. The zero-order valence-corrected chi connectivity index (χ0v) is 10.7. The van der Waals surface area contributed by atoms with Crippen molar-refractivity contribution < 1.29 is 0 Å². The minimum atomic E-state index is 1.06. The average molecular weight is 245 g/mol. The van der Waals surface area contributed by atoms with E-state index in [0.717, 1.165) is 13.0 Å². The van der Waals surface area contributed by atoms with Gasteiger partial charge in [-0.1, -0.05) is 48.5 Å². The largest absolute Gasteiger partial charge is 0.384 e. The Labute approximate surface area is 112 Å². The molecule has 0 unspecified atom stereocenters. The van der Waals surface area contributed by atoms with Crippen LogP contribution in [0.2, 0.25) is 0 Å². The van der Waals surface area contributed by atoms with E-state index in [1.165, 1.54) is 33.2 Å². The van der Waals surface area contributed by atoms with E-state index >= 15 is 0 Å². The summed E-state index contributed by atoms with van der Waals surface area (Å²) in [6.45, 7) is 1.06. The van der Waals surface area contributed by atoms with Gasteiger partial charge in [0, 0.05) is 12.2 Å². The van der Waals surface area contributed by atoms with Crippen LogP contribution in [-0.4, -0.2) is 6.54 Å². The quantitative estimate of drug-likeness (QED) is 0.666. The summed E-state index contributed by atoms with van der Waals surface area (Å²) in [6.07, 6.45) is 1.13. The summed E-state index contributed by atoms with van der Waals surface area (Å²) >= 11 is 0. The molecular weight excluding hydrogens is 230 g/mol. The molecule has 92 valence electrons. The summed E-state index contributed by atoms with van der Waals surface area (Å²) in [7, 11) is 0. The monoisotopic (exact) mass is 245 g/mol. The highest BCUT2D eigenvalue weighted by Gasteiger charge is 2.11. The molecule has 1 heterocycles. The maximum Gasteiger partial charge on any atom is 0.0373 e. The van der Waals surface area contributed by atoms with Crippen molar-refractivity contribution in [2.24, 2.45) is 0 Å². The molecule has 3 aromatic carbocycles. The minimum Gasteiger partial charge on any atom is -0.384 e. The molecule has 0 radical (unpaired) electrons. The van der Waals surface area contributed by atoms with Crippen LogP contribution in [0.3, 0.4) is 0 Å². The average Bonchev–Trinajstić information content (AvgIpc) is 2.94. The molecule has 0 amide bonds. The zero-order chi connectivity index (χ0) is 12.7. The minimum absolute atomic E-state index is 1.06. The number of anilines is 1. The first-order valence-electron chi connectivity index (χ1n) is 6.77. The lowest BCUT2D eigenvalue weighted by Gasteiger charge is -2.08. The van der Waals surface area contributed by atoms with Gasteiger partial charge in [-0.3, -0.25) is 0 Å². The molecule has 1 aliphatic rings. The Balaban J connectivity index is 1.95.